The van der Waals surface area contributed by atoms with Crippen molar-refractivity contribution in [1.29, 1.82) is 0 Å². The van der Waals surface area contributed by atoms with Gasteiger partial charge in [-0.25, -0.2) is 4.98 Å². The maximum absolute atomic E-state index is 11.5. The van der Waals surface area contributed by atoms with Crippen molar-refractivity contribution in [3.63, 3.8) is 0 Å². The second-order valence-corrected chi connectivity index (χ2v) is 6.10. The Bertz CT molecular complexity index is 604. The van der Waals surface area contributed by atoms with E-state index in [1.165, 1.54) is 4.88 Å². The standard InChI is InChI=1S/C15H19N3OS/c1-9(14-10(2)20-11(3)18-14)17-13-7-5-12(6-8-13)15(19)16-4/h5-9,17H,1-4H3,(H,16,19). The highest BCUT2D eigenvalue weighted by Gasteiger charge is 2.13. The van der Waals surface area contributed by atoms with Crippen molar-refractivity contribution in [2.75, 3.05) is 12.4 Å². The fourth-order valence-corrected chi connectivity index (χ4v) is 3.04. The SMILES string of the molecule is CNC(=O)c1ccc(NC(C)c2nc(C)sc2C)cc1. The molecule has 20 heavy (non-hydrogen) atoms. The van der Waals surface area contributed by atoms with Crippen LogP contribution in [0.4, 0.5) is 5.69 Å². The molecule has 0 saturated heterocycles. The maximum Gasteiger partial charge on any atom is 0.251 e. The third-order valence-corrected chi connectivity index (χ3v) is 4.01. The Balaban J connectivity index is 2.10. The molecule has 2 aromatic rings. The zero-order valence-corrected chi connectivity index (χ0v) is 13.0. The van der Waals surface area contributed by atoms with Crippen molar-refractivity contribution in [1.82, 2.24) is 10.3 Å². The van der Waals surface area contributed by atoms with E-state index in [1.807, 2.05) is 31.2 Å². The Morgan fingerprint density at radius 1 is 1.25 bits per heavy atom. The van der Waals surface area contributed by atoms with E-state index >= 15 is 0 Å². The number of carbonyl (C=O) groups is 1. The quantitative estimate of drug-likeness (QED) is 0.908. The Kier molecular flexibility index (Phi) is 4.39. The van der Waals surface area contributed by atoms with Gasteiger partial charge in [-0.15, -0.1) is 11.3 Å². The molecule has 2 rings (SSSR count). The lowest BCUT2D eigenvalue weighted by Crippen LogP contribution is -2.17. The summed E-state index contributed by atoms with van der Waals surface area (Å²) in [5.74, 6) is -0.0735. The summed E-state index contributed by atoms with van der Waals surface area (Å²) in [4.78, 5) is 17.3. The highest BCUT2D eigenvalue weighted by atomic mass is 32.1. The van der Waals surface area contributed by atoms with Crippen LogP contribution in [0.25, 0.3) is 0 Å². The zero-order chi connectivity index (χ0) is 14.7. The first kappa shape index (κ1) is 14.5. The fraction of sp³-hybridized carbons (Fsp3) is 0.333. The summed E-state index contributed by atoms with van der Waals surface area (Å²) in [5.41, 5.74) is 2.73. The van der Waals surface area contributed by atoms with Crippen LogP contribution in [0.1, 0.15) is 38.9 Å². The number of benzene rings is 1. The summed E-state index contributed by atoms with van der Waals surface area (Å²) >= 11 is 1.71. The van der Waals surface area contributed by atoms with Crippen LogP contribution in [-0.4, -0.2) is 17.9 Å². The van der Waals surface area contributed by atoms with Crippen LogP contribution in [0, 0.1) is 13.8 Å². The molecule has 1 unspecified atom stereocenters. The predicted molar refractivity (Wildman–Crippen MR) is 83.5 cm³/mol. The molecule has 0 aliphatic rings. The van der Waals surface area contributed by atoms with Crippen molar-refractivity contribution in [3.05, 3.63) is 45.4 Å². The Morgan fingerprint density at radius 2 is 1.90 bits per heavy atom. The van der Waals surface area contributed by atoms with Crippen LogP contribution in [-0.2, 0) is 0 Å². The average molecular weight is 289 g/mol. The number of hydrogen-bond acceptors (Lipinski definition) is 4. The smallest absolute Gasteiger partial charge is 0.251 e. The van der Waals surface area contributed by atoms with Crippen LogP contribution in [0.5, 0.6) is 0 Å². The molecule has 0 fully saturated rings. The summed E-state index contributed by atoms with van der Waals surface area (Å²) in [7, 11) is 1.63. The van der Waals surface area contributed by atoms with E-state index in [4.69, 9.17) is 0 Å². The van der Waals surface area contributed by atoms with Crippen molar-refractivity contribution >= 4 is 22.9 Å². The molecule has 0 bridgehead atoms. The molecule has 1 atom stereocenters. The van der Waals surface area contributed by atoms with Gasteiger partial charge < -0.3 is 10.6 Å². The number of nitrogens with one attached hydrogen (secondary N) is 2. The molecular formula is C15H19N3OS. The number of carbonyl (C=O) groups excluding carboxylic acids is 1. The molecule has 1 amide bonds. The molecule has 106 valence electrons. The first-order chi connectivity index (χ1) is 9.51. The number of thiazole rings is 1. The van der Waals surface area contributed by atoms with E-state index in [2.05, 4.69) is 29.5 Å². The molecule has 0 aliphatic heterocycles. The van der Waals surface area contributed by atoms with Crippen LogP contribution in [0.3, 0.4) is 0 Å². The number of rotatable bonds is 4. The lowest BCUT2D eigenvalue weighted by atomic mass is 10.1. The van der Waals surface area contributed by atoms with Gasteiger partial charge in [0.05, 0.1) is 16.7 Å². The first-order valence-corrected chi connectivity index (χ1v) is 7.35. The van der Waals surface area contributed by atoms with Gasteiger partial charge in [-0.1, -0.05) is 0 Å². The van der Waals surface area contributed by atoms with Gasteiger partial charge in [0.2, 0.25) is 0 Å². The largest absolute Gasteiger partial charge is 0.377 e. The number of amides is 1. The fourth-order valence-electron chi connectivity index (χ4n) is 2.13. The average Bonchev–Trinajstić information content (AvgIpc) is 2.78. The minimum atomic E-state index is -0.0735. The van der Waals surface area contributed by atoms with Gasteiger partial charge in [-0.2, -0.15) is 0 Å². The number of aryl methyl sites for hydroxylation is 2. The second kappa shape index (κ2) is 6.05. The number of hydrogen-bond donors (Lipinski definition) is 2. The third-order valence-electron chi connectivity index (χ3n) is 3.11. The van der Waals surface area contributed by atoms with Crippen LogP contribution in [0.2, 0.25) is 0 Å². The van der Waals surface area contributed by atoms with E-state index in [0.717, 1.165) is 16.4 Å². The molecule has 0 aliphatic carbocycles. The van der Waals surface area contributed by atoms with Gasteiger partial charge in [0.1, 0.15) is 0 Å². The van der Waals surface area contributed by atoms with E-state index in [-0.39, 0.29) is 11.9 Å². The number of nitrogens with zero attached hydrogens (tertiary/aromatic N) is 1. The molecule has 5 heteroatoms. The highest BCUT2D eigenvalue weighted by molar-refractivity contribution is 7.11. The summed E-state index contributed by atoms with van der Waals surface area (Å²) in [6.07, 6.45) is 0. The van der Waals surface area contributed by atoms with Gasteiger partial charge in [0.25, 0.3) is 5.91 Å². The molecule has 2 N–H and O–H groups in total. The zero-order valence-electron chi connectivity index (χ0n) is 12.2. The van der Waals surface area contributed by atoms with Gasteiger partial charge >= 0.3 is 0 Å². The van der Waals surface area contributed by atoms with E-state index in [0.29, 0.717) is 5.56 Å². The molecule has 1 heterocycles. The molecule has 1 aromatic heterocycles. The summed E-state index contributed by atoms with van der Waals surface area (Å²) in [5, 5.41) is 7.10. The van der Waals surface area contributed by atoms with Crippen molar-refractivity contribution < 1.29 is 4.79 Å². The topological polar surface area (TPSA) is 54.0 Å². The highest BCUT2D eigenvalue weighted by Crippen LogP contribution is 2.25. The lowest BCUT2D eigenvalue weighted by Gasteiger charge is -2.14. The Labute approximate surface area is 123 Å². The third kappa shape index (κ3) is 3.17. The van der Waals surface area contributed by atoms with E-state index in [9.17, 15) is 4.79 Å². The van der Waals surface area contributed by atoms with Crippen LogP contribution in [0.15, 0.2) is 24.3 Å². The molecular weight excluding hydrogens is 270 g/mol. The molecule has 0 radical (unpaired) electrons. The maximum atomic E-state index is 11.5. The van der Waals surface area contributed by atoms with Gasteiger partial charge in [0.15, 0.2) is 0 Å². The van der Waals surface area contributed by atoms with Gasteiger partial charge in [0, 0.05) is 23.2 Å². The molecule has 0 saturated carbocycles. The number of anilines is 1. The number of aromatic nitrogens is 1. The molecule has 4 nitrogen and oxygen atoms in total. The van der Waals surface area contributed by atoms with Crippen molar-refractivity contribution in [2.45, 2.75) is 26.8 Å². The van der Waals surface area contributed by atoms with Crippen LogP contribution < -0.4 is 10.6 Å². The summed E-state index contributed by atoms with van der Waals surface area (Å²) in [6.45, 7) is 6.20. The Morgan fingerprint density at radius 3 is 2.40 bits per heavy atom. The first-order valence-electron chi connectivity index (χ1n) is 6.54. The summed E-state index contributed by atoms with van der Waals surface area (Å²) in [6, 6.07) is 7.59. The predicted octanol–water partition coefficient (Wildman–Crippen LogP) is 3.29. The van der Waals surface area contributed by atoms with E-state index in [1.54, 1.807) is 18.4 Å². The summed E-state index contributed by atoms with van der Waals surface area (Å²) < 4.78 is 0. The second-order valence-electron chi connectivity index (χ2n) is 4.70. The minimum Gasteiger partial charge on any atom is -0.377 e. The molecule has 0 spiro atoms. The van der Waals surface area contributed by atoms with Crippen molar-refractivity contribution in [3.8, 4) is 0 Å². The van der Waals surface area contributed by atoms with E-state index < -0.39 is 0 Å². The van der Waals surface area contributed by atoms with Crippen LogP contribution >= 0.6 is 11.3 Å². The Hall–Kier alpha value is -1.88. The van der Waals surface area contributed by atoms with Gasteiger partial charge in [-0.05, 0) is 45.0 Å². The normalized spacial score (nSPS) is 12.0. The molecule has 1 aromatic carbocycles. The lowest BCUT2D eigenvalue weighted by molar-refractivity contribution is 0.0963. The van der Waals surface area contributed by atoms with Gasteiger partial charge in [-0.3, -0.25) is 4.79 Å². The minimum absolute atomic E-state index is 0.0735. The van der Waals surface area contributed by atoms with Crippen molar-refractivity contribution in [2.24, 2.45) is 0 Å². The monoisotopic (exact) mass is 289 g/mol.